The van der Waals surface area contributed by atoms with E-state index in [1.165, 1.54) is 28.6 Å². The van der Waals surface area contributed by atoms with Gasteiger partial charge in [-0.1, -0.05) is 13.3 Å². The summed E-state index contributed by atoms with van der Waals surface area (Å²) >= 11 is 0. The Bertz CT molecular complexity index is 1170. The molecule has 3 atom stereocenters. The summed E-state index contributed by atoms with van der Waals surface area (Å²) in [7, 11) is -5.78. The van der Waals surface area contributed by atoms with Gasteiger partial charge in [-0.25, -0.2) is 21.1 Å². The van der Waals surface area contributed by atoms with E-state index in [-0.39, 0.29) is 36.2 Å². The van der Waals surface area contributed by atoms with Gasteiger partial charge in [0.25, 0.3) is 5.91 Å². The van der Waals surface area contributed by atoms with E-state index in [2.05, 4.69) is 4.90 Å². The molecular formula is C22H33ClN4O6S2. The zero-order valence-corrected chi connectivity index (χ0v) is 22.6. The molecule has 10 nitrogen and oxygen atoms in total. The predicted octanol–water partition coefficient (Wildman–Crippen LogP) is 0.846. The van der Waals surface area contributed by atoms with E-state index < -0.39 is 44.0 Å². The smallest absolute Gasteiger partial charge is 0.253 e. The van der Waals surface area contributed by atoms with Crippen LogP contribution in [0.5, 0.6) is 0 Å². The van der Waals surface area contributed by atoms with Crippen molar-refractivity contribution in [2.24, 2.45) is 5.92 Å². The number of hydrogen-bond acceptors (Lipinski definition) is 7. The number of rotatable bonds is 6. The lowest BCUT2D eigenvalue weighted by atomic mass is 9.95. The Kier molecular flexibility index (Phi) is 8.22. The molecule has 0 N–H and O–H groups in total. The molecule has 3 heterocycles. The number of benzene rings is 1. The lowest BCUT2D eigenvalue weighted by Crippen LogP contribution is -2.47. The van der Waals surface area contributed by atoms with E-state index in [0.717, 1.165) is 23.7 Å². The number of hydrogen-bond donors (Lipinski definition) is 0. The number of carbonyl (C=O) groups excluding carboxylic acids is 2. The number of halogens is 1. The van der Waals surface area contributed by atoms with E-state index in [0.29, 0.717) is 31.5 Å². The van der Waals surface area contributed by atoms with Crippen LogP contribution in [0.4, 0.5) is 0 Å². The second-order valence-corrected chi connectivity index (χ2v) is 13.1. The largest absolute Gasteiger partial charge is 0.336 e. The fourth-order valence-corrected chi connectivity index (χ4v) is 8.25. The summed E-state index contributed by atoms with van der Waals surface area (Å²) in [6, 6.07) is 4.48. The minimum atomic E-state index is -3.98. The average Bonchev–Trinajstić information content (AvgIpc) is 3.32. The molecule has 35 heavy (non-hydrogen) atoms. The molecule has 4 rings (SSSR count). The van der Waals surface area contributed by atoms with Crippen LogP contribution in [0.15, 0.2) is 29.2 Å². The number of fused-ring (bicyclic) bond motifs is 1. The zero-order valence-electron chi connectivity index (χ0n) is 20.2. The highest BCUT2D eigenvalue weighted by Crippen LogP contribution is 2.42. The molecule has 1 aromatic carbocycles. The standard InChI is InChI=1S/C22H32N4O6S2.ClH/c1-4-5-18-20-19(26(22(18)28)33(3,29)30)10-11-25(20)34(31,32)17-8-6-16(7-9-17)21(27)24-14-12-23(2)13-15-24;/h6-9,18-20H,4-5,10-15H2,1-3H3;1H/t18-,19+,20-;/m1./s1. The molecule has 0 bridgehead atoms. The minimum absolute atomic E-state index is 0. The molecule has 3 aliphatic heterocycles. The zero-order chi connectivity index (χ0) is 24.8. The van der Waals surface area contributed by atoms with E-state index in [9.17, 15) is 26.4 Å². The van der Waals surface area contributed by atoms with Gasteiger partial charge in [-0.15, -0.1) is 12.4 Å². The van der Waals surface area contributed by atoms with Crippen LogP contribution in [0.3, 0.4) is 0 Å². The second kappa shape index (κ2) is 10.3. The van der Waals surface area contributed by atoms with Gasteiger partial charge in [0.2, 0.25) is 26.0 Å². The number of amides is 2. The first-order valence-corrected chi connectivity index (χ1v) is 14.9. The molecule has 0 aromatic heterocycles. The monoisotopic (exact) mass is 548 g/mol. The first-order chi connectivity index (χ1) is 16.0. The third-order valence-corrected chi connectivity index (χ3v) is 10.2. The van der Waals surface area contributed by atoms with Crippen LogP contribution >= 0.6 is 12.4 Å². The maximum Gasteiger partial charge on any atom is 0.253 e. The average molecular weight is 549 g/mol. The van der Waals surface area contributed by atoms with E-state index in [1.54, 1.807) is 4.90 Å². The van der Waals surface area contributed by atoms with Crippen molar-refractivity contribution in [1.29, 1.82) is 0 Å². The van der Waals surface area contributed by atoms with Gasteiger partial charge in [-0.3, -0.25) is 9.59 Å². The molecule has 0 saturated carbocycles. The summed E-state index contributed by atoms with van der Waals surface area (Å²) in [5, 5.41) is 0. The summed E-state index contributed by atoms with van der Waals surface area (Å²) in [4.78, 5) is 29.7. The second-order valence-electron chi connectivity index (χ2n) is 9.37. The molecule has 13 heteroatoms. The number of sulfonamides is 2. The lowest BCUT2D eigenvalue weighted by molar-refractivity contribution is -0.128. The van der Waals surface area contributed by atoms with Crippen molar-refractivity contribution in [2.75, 3.05) is 46.0 Å². The molecular weight excluding hydrogens is 516 g/mol. The normalized spacial score (nSPS) is 26.0. The maximum absolute atomic E-state index is 13.6. The first-order valence-electron chi connectivity index (χ1n) is 11.6. The molecule has 2 amide bonds. The minimum Gasteiger partial charge on any atom is -0.336 e. The summed E-state index contributed by atoms with van der Waals surface area (Å²) in [6.07, 6.45) is 2.30. The van der Waals surface area contributed by atoms with Crippen LogP contribution < -0.4 is 0 Å². The molecule has 0 aliphatic carbocycles. The molecule has 3 aliphatic rings. The highest BCUT2D eigenvalue weighted by atomic mass is 35.5. The van der Waals surface area contributed by atoms with Crippen LogP contribution in [0.2, 0.25) is 0 Å². The first kappa shape index (κ1) is 27.9. The Hall–Kier alpha value is -1.73. The summed E-state index contributed by atoms with van der Waals surface area (Å²) in [6.45, 7) is 4.84. The Morgan fingerprint density at radius 3 is 2.14 bits per heavy atom. The van der Waals surface area contributed by atoms with Crippen molar-refractivity contribution in [3.8, 4) is 0 Å². The Labute approximate surface area is 213 Å². The van der Waals surface area contributed by atoms with Crippen LogP contribution in [0, 0.1) is 5.92 Å². The van der Waals surface area contributed by atoms with Crippen LogP contribution in [0.1, 0.15) is 36.5 Å². The molecule has 196 valence electrons. The summed E-state index contributed by atoms with van der Waals surface area (Å²) in [5.41, 5.74) is 0.422. The molecule has 0 radical (unpaired) electrons. The van der Waals surface area contributed by atoms with Gasteiger partial charge in [0.1, 0.15) is 0 Å². The summed E-state index contributed by atoms with van der Waals surface area (Å²) in [5.74, 6) is -1.35. The predicted molar refractivity (Wildman–Crippen MR) is 133 cm³/mol. The van der Waals surface area contributed by atoms with Gasteiger partial charge < -0.3 is 9.80 Å². The van der Waals surface area contributed by atoms with Gasteiger partial charge in [-0.05, 0) is 44.2 Å². The third-order valence-electron chi connectivity index (χ3n) is 7.08. The van der Waals surface area contributed by atoms with Crippen LogP contribution in [-0.2, 0) is 24.8 Å². The third kappa shape index (κ3) is 5.08. The molecule has 0 spiro atoms. The molecule has 3 fully saturated rings. The van der Waals surface area contributed by atoms with Gasteiger partial charge >= 0.3 is 0 Å². The fraction of sp³-hybridized carbons (Fsp3) is 0.636. The quantitative estimate of drug-likeness (QED) is 0.517. The van der Waals surface area contributed by atoms with Crippen molar-refractivity contribution < 1.29 is 26.4 Å². The van der Waals surface area contributed by atoms with Crippen molar-refractivity contribution in [1.82, 2.24) is 18.4 Å². The number of piperazine rings is 1. The van der Waals surface area contributed by atoms with E-state index in [1.807, 2.05) is 14.0 Å². The highest BCUT2D eigenvalue weighted by molar-refractivity contribution is 7.89. The van der Waals surface area contributed by atoms with Gasteiger partial charge in [-0.2, -0.15) is 4.31 Å². The van der Waals surface area contributed by atoms with Crippen molar-refractivity contribution >= 4 is 44.3 Å². The van der Waals surface area contributed by atoms with Gasteiger partial charge in [0.05, 0.1) is 29.2 Å². The van der Waals surface area contributed by atoms with Crippen molar-refractivity contribution in [2.45, 2.75) is 43.2 Å². The molecule has 0 unspecified atom stereocenters. The molecule has 3 saturated heterocycles. The highest BCUT2D eigenvalue weighted by Gasteiger charge is 2.58. The Morgan fingerprint density at radius 1 is 1.00 bits per heavy atom. The summed E-state index contributed by atoms with van der Waals surface area (Å²) < 4.78 is 53.9. The Morgan fingerprint density at radius 2 is 1.60 bits per heavy atom. The van der Waals surface area contributed by atoms with Crippen molar-refractivity contribution in [3.05, 3.63) is 29.8 Å². The fourth-order valence-electron chi connectivity index (χ4n) is 5.36. The number of likely N-dealkylation sites (N-methyl/N-ethyl adjacent to an activating group) is 1. The Balaban J connectivity index is 0.00000342. The number of nitrogens with zero attached hydrogens (tertiary/aromatic N) is 4. The van der Waals surface area contributed by atoms with E-state index in [4.69, 9.17) is 0 Å². The van der Waals surface area contributed by atoms with E-state index >= 15 is 0 Å². The van der Waals surface area contributed by atoms with Crippen LogP contribution in [-0.4, -0.2) is 105 Å². The molecule has 1 aromatic rings. The lowest BCUT2D eigenvalue weighted by Gasteiger charge is -2.32. The number of carbonyl (C=O) groups is 2. The SMILES string of the molecule is CCC[C@H]1C(=O)N(S(C)(=O)=O)[C@H]2CCN(S(=O)(=O)c3ccc(C(=O)N4CCN(C)CC4)cc3)[C@H]12.Cl. The maximum atomic E-state index is 13.6. The topological polar surface area (TPSA) is 115 Å². The van der Waals surface area contributed by atoms with Crippen LogP contribution in [0.25, 0.3) is 0 Å². The van der Waals surface area contributed by atoms with Crippen molar-refractivity contribution in [3.63, 3.8) is 0 Å². The van der Waals surface area contributed by atoms with Gasteiger partial charge in [0.15, 0.2) is 0 Å². The van der Waals surface area contributed by atoms with Gasteiger partial charge in [0, 0.05) is 38.3 Å².